The minimum Gasteiger partial charge on any atom is -0.453 e. The molecule has 138 valence electrons. The van der Waals surface area contributed by atoms with Crippen LogP contribution < -0.4 is 5.56 Å². The van der Waals surface area contributed by atoms with Crippen molar-refractivity contribution >= 4 is 49.2 Å². The minimum atomic E-state index is -0.611. The number of thiophene rings is 1. The number of hydrogen-bond donors (Lipinski definition) is 0. The number of esters is 1. The van der Waals surface area contributed by atoms with E-state index in [0.717, 1.165) is 30.0 Å². The van der Waals surface area contributed by atoms with E-state index in [4.69, 9.17) is 4.74 Å². The Balaban J connectivity index is 1.59. The van der Waals surface area contributed by atoms with Crippen LogP contribution in [-0.4, -0.2) is 27.9 Å². The highest BCUT2D eigenvalue weighted by Crippen LogP contribution is 2.29. The van der Waals surface area contributed by atoms with Crippen LogP contribution in [-0.2, 0) is 17.7 Å². The van der Waals surface area contributed by atoms with E-state index in [1.807, 2.05) is 0 Å². The summed E-state index contributed by atoms with van der Waals surface area (Å²) in [6, 6.07) is 6.96. The number of carbonyl (C=O) groups is 2. The fourth-order valence-electron chi connectivity index (χ4n) is 3.23. The molecule has 0 spiro atoms. The Morgan fingerprint density at radius 1 is 1.33 bits per heavy atom. The molecule has 3 heterocycles. The Hall–Kier alpha value is -2.32. The van der Waals surface area contributed by atoms with Crippen molar-refractivity contribution in [3.05, 3.63) is 60.9 Å². The van der Waals surface area contributed by atoms with Gasteiger partial charge >= 0.3 is 5.97 Å². The number of hydrogen-bond acceptors (Lipinski definition) is 6. The molecule has 3 aromatic rings. The van der Waals surface area contributed by atoms with E-state index in [1.54, 1.807) is 35.8 Å². The van der Waals surface area contributed by atoms with Crippen molar-refractivity contribution in [2.24, 2.45) is 0 Å². The van der Waals surface area contributed by atoms with Gasteiger partial charge in [-0.25, -0.2) is 9.78 Å². The van der Waals surface area contributed by atoms with Gasteiger partial charge in [0.25, 0.3) is 5.56 Å². The predicted molar refractivity (Wildman–Crippen MR) is 106 cm³/mol. The van der Waals surface area contributed by atoms with Crippen LogP contribution >= 0.6 is 27.3 Å². The van der Waals surface area contributed by atoms with Crippen molar-refractivity contribution in [3.63, 3.8) is 0 Å². The molecular weight excluding hydrogens is 432 g/mol. The topological polar surface area (TPSA) is 78.3 Å². The normalized spacial score (nSPS) is 13.0. The zero-order chi connectivity index (χ0) is 19.1. The summed E-state index contributed by atoms with van der Waals surface area (Å²) < 4.78 is 7.54. The summed E-state index contributed by atoms with van der Waals surface area (Å²) in [7, 11) is 0. The second-order valence-electron chi connectivity index (χ2n) is 6.30. The lowest BCUT2D eigenvalue weighted by Crippen LogP contribution is -2.20. The summed E-state index contributed by atoms with van der Waals surface area (Å²) in [6.07, 6.45) is 1.67. The molecule has 2 aromatic heterocycles. The third kappa shape index (κ3) is 3.12. The molecule has 1 aliphatic heterocycles. The highest BCUT2D eigenvalue weighted by molar-refractivity contribution is 9.10. The number of Topliss-reactive ketones (excluding diaryl/α,β-unsaturated/α-hetero) is 1. The first-order valence-corrected chi connectivity index (χ1v) is 10.1. The van der Waals surface area contributed by atoms with E-state index in [9.17, 15) is 14.4 Å². The van der Waals surface area contributed by atoms with Crippen molar-refractivity contribution in [2.75, 3.05) is 6.61 Å². The van der Waals surface area contributed by atoms with Crippen molar-refractivity contribution in [2.45, 2.75) is 26.3 Å². The van der Waals surface area contributed by atoms with Crippen LogP contribution in [0.5, 0.6) is 0 Å². The first-order valence-electron chi connectivity index (χ1n) is 8.45. The smallest absolute Gasteiger partial charge is 0.349 e. The van der Waals surface area contributed by atoms with Crippen molar-refractivity contribution in [1.82, 2.24) is 9.55 Å². The molecule has 0 atom stereocenters. The van der Waals surface area contributed by atoms with Crippen molar-refractivity contribution in [1.29, 1.82) is 0 Å². The van der Waals surface area contributed by atoms with Gasteiger partial charge in [-0.05, 0) is 25.0 Å². The molecular formula is C19H15BrN2O4S. The van der Waals surface area contributed by atoms with Crippen molar-refractivity contribution in [3.8, 4) is 0 Å². The molecule has 0 N–H and O–H groups in total. The molecule has 0 bridgehead atoms. The number of ether oxygens (including phenoxy) is 1. The lowest BCUT2D eigenvalue weighted by molar-refractivity contribution is 0.0479. The molecule has 0 aliphatic carbocycles. The van der Waals surface area contributed by atoms with Gasteiger partial charge in [-0.3, -0.25) is 14.2 Å². The molecule has 0 fully saturated rings. The molecule has 1 aromatic carbocycles. The number of ketones is 1. The first kappa shape index (κ1) is 18.1. The summed E-state index contributed by atoms with van der Waals surface area (Å²) in [5, 5.41) is 0.467. The molecule has 27 heavy (non-hydrogen) atoms. The van der Waals surface area contributed by atoms with Gasteiger partial charge in [0.2, 0.25) is 5.78 Å². The third-order valence-corrected chi connectivity index (χ3v) is 6.46. The number of aromatic nitrogens is 2. The monoisotopic (exact) mass is 446 g/mol. The van der Waals surface area contributed by atoms with E-state index < -0.39 is 5.97 Å². The minimum absolute atomic E-state index is 0.107. The largest absolute Gasteiger partial charge is 0.453 e. The van der Waals surface area contributed by atoms with E-state index >= 15 is 0 Å². The fourth-order valence-corrected chi connectivity index (χ4v) is 4.82. The Kier molecular flexibility index (Phi) is 4.69. The second kappa shape index (κ2) is 7.01. The number of halogens is 1. The Morgan fingerprint density at radius 2 is 2.11 bits per heavy atom. The summed E-state index contributed by atoms with van der Waals surface area (Å²) in [4.78, 5) is 42.9. The summed E-state index contributed by atoms with van der Waals surface area (Å²) in [6.45, 7) is 2.01. The summed E-state index contributed by atoms with van der Waals surface area (Å²) in [5.41, 5.74) is 0.910. The number of benzene rings is 1. The molecule has 0 saturated heterocycles. The zero-order valence-corrected chi connectivity index (χ0v) is 16.9. The lowest BCUT2D eigenvalue weighted by Gasteiger charge is -2.05. The number of aryl methyl sites for hydroxylation is 2. The lowest BCUT2D eigenvalue weighted by atomic mass is 10.1. The van der Waals surface area contributed by atoms with E-state index in [1.165, 1.54) is 0 Å². The van der Waals surface area contributed by atoms with Gasteiger partial charge in [-0.2, -0.15) is 0 Å². The zero-order valence-electron chi connectivity index (χ0n) is 14.5. The van der Waals surface area contributed by atoms with Crippen LogP contribution in [0.1, 0.15) is 37.8 Å². The van der Waals surface area contributed by atoms with E-state index in [0.29, 0.717) is 37.2 Å². The molecule has 6 nitrogen and oxygen atoms in total. The average molecular weight is 447 g/mol. The predicted octanol–water partition coefficient (Wildman–Crippen LogP) is 3.51. The average Bonchev–Trinajstić information content (AvgIpc) is 3.25. The standard InChI is InChI=1S/C19H15BrN2O4S/c1-10-15-17(21-14-7-4-8-22(14)18(15)24)27-16(10)19(25)26-9-13(23)11-5-2-3-6-12(11)20/h2-3,5-6H,4,7-9H2,1H3. The molecule has 0 amide bonds. The van der Waals surface area contributed by atoms with Gasteiger partial charge in [-0.15, -0.1) is 11.3 Å². The van der Waals surface area contributed by atoms with Crippen LogP contribution in [0.2, 0.25) is 0 Å². The van der Waals surface area contributed by atoms with Gasteiger partial charge in [-0.1, -0.05) is 34.1 Å². The van der Waals surface area contributed by atoms with Crippen LogP contribution in [0.25, 0.3) is 10.2 Å². The number of fused-ring (bicyclic) bond motifs is 2. The quantitative estimate of drug-likeness (QED) is 0.452. The Labute approximate surface area is 166 Å². The number of rotatable bonds is 4. The van der Waals surface area contributed by atoms with Gasteiger partial charge < -0.3 is 4.74 Å². The van der Waals surface area contributed by atoms with E-state index in [2.05, 4.69) is 20.9 Å². The van der Waals surface area contributed by atoms with Crippen LogP contribution in [0, 0.1) is 6.92 Å². The maximum atomic E-state index is 12.7. The maximum absolute atomic E-state index is 12.7. The van der Waals surface area contributed by atoms with E-state index in [-0.39, 0.29) is 17.9 Å². The number of nitrogens with zero attached hydrogens (tertiary/aromatic N) is 2. The third-order valence-electron chi connectivity index (χ3n) is 4.61. The van der Waals surface area contributed by atoms with Gasteiger partial charge in [0.1, 0.15) is 15.5 Å². The van der Waals surface area contributed by atoms with Crippen LogP contribution in [0.3, 0.4) is 0 Å². The SMILES string of the molecule is Cc1c(C(=O)OCC(=O)c2ccccc2Br)sc2nc3n(c(=O)c12)CCC3. The van der Waals surface area contributed by atoms with Gasteiger partial charge in [0, 0.05) is 23.0 Å². The van der Waals surface area contributed by atoms with Gasteiger partial charge in [0.05, 0.1) is 5.39 Å². The van der Waals surface area contributed by atoms with Crippen LogP contribution in [0.4, 0.5) is 0 Å². The molecule has 0 radical (unpaired) electrons. The Bertz CT molecular complexity index is 1150. The fraction of sp³-hybridized carbons (Fsp3) is 0.263. The highest BCUT2D eigenvalue weighted by atomic mass is 79.9. The molecule has 8 heteroatoms. The highest BCUT2D eigenvalue weighted by Gasteiger charge is 2.24. The first-order chi connectivity index (χ1) is 13.0. The molecule has 1 aliphatic rings. The summed E-state index contributed by atoms with van der Waals surface area (Å²) >= 11 is 4.46. The maximum Gasteiger partial charge on any atom is 0.349 e. The van der Waals surface area contributed by atoms with Gasteiger partial charge in [0.15, 0.2) is 6.61 Å². The van der Waals surface area contributed by atoms with Crippen LogP contribution in [0.15, 0.2) is 33.5 Å². The van der Waals surface area contributed by atoms with Crippen molar-refractivity contribution < 1.29 is 14.3 Å². The molecule has 0 saturated carbocycles. The Morgan fingerprint density at radius 3 is 2.89 bits per heavy atom. The molecule has 0 unspecified atom stereocenters. The number of carbonyl (C=O) groups excluding carboxylic acids is 2. The second-order valence-corrected chi connectivity index (χ2v) is 8.16. The molecule has 4 rings (SSSR count). The summed E-state index contributed by atoms with van der Waals surface area (Å²) in [5.74, 6) is -0.148.